The Bertz CT molecular complexity index is 683. The summed E-state index contributed by atoms with van der Waals surface area (Å²) in [7, 11) is 1.69. The first-order valence-electron chi connectivity index (χ1n) is 6.60. The Hall–Kier alpha value is -0.510. The molecule has 1 unspecified atom stereocenters. The van der Waals surface area contributed by atoms with Gasteiger partial charge >= 0.3 is 0 Å². The van der Waals surface area contributed by atoms with Gasteiger partial charge < -0.3 is 4.74 Å². The number of halogens is 3. The lowest BCUT2D eigenvalue weighted by molar-refractivity contribution is 0.406. The third kappa shape index (κ3) is 3.30. The smallest absolute Gasteiger partial charge is 0.127 e. The van der Waals surface area contributed by atoms with Crippen molar-refractivity contribution in [2.24, 2.45) is 0 Å². The van der Waals surface area contributed by atoms with Gasteiger partial charge in [0.1, 0.15) is 5.75 Å². The summed E-state index contributed by atoms with van der Waals surface area (Å²) in [6.07, 6.45) is 0. The number of rotatable bonds is 3. The molecule has 0 amide bonds. The number of ether oxygens (including phenoxy) is 1. The molecule has 2 aromatic carbocycles. The van der Waals surface area contributed by atoms with E-state index in [1.807, 2.05) is 19.1 Å². The van der Waals surface area contributed by atoms with Crippen molar-refractivity contribution in [2.75, 3.05) is 7.11 Å². The summed E-state index contributed by atoms with van der Waals surface area (Å²) in [6.45, 7) is 6.15. The molecule has 1 nitrogen and oxygen atoms in total. The highest BCUT2D eigenvalue weighted by Crippen LogP contribution is 2.42. The molecule has 1 atom stereocenters. The van der Waals surface area contributed by atoms with Crippen LogP contribution in [0.3, 0.4) is 0 Å². The van der Waals surface area contributed by atoms with Gasteiger partial charge in [-0.05, 0) is 55.2 Å². The zero-order valence-corrected chi connectivity index (χ0v) is 16.4. The fourth-order valence-corrected chi connectivity index (χ4v) is 3.65. The highest BCUT2D eigenvalue weighted by molar-refractivity contribution is 9.10. The Morgan fingerprint density at radius 2 is 1.67 bits per heavy atom. The van der Waals surface area contributed by atoms with Crippen LogP contribution in [-0.2, 0) is 0 Å². The standard InChI is InChI=1S/C17H17Br2ClO/c1-9-7-12(5-6-13(9)18)16(20)15-11(3)14(19)8-10(2)17(15)21-4/h5-8,16H,1-4H3. The highest BCUT2D eigenvalue weighted by Gasteiger charge is 2.22. The van der Waals surface area contributed by atoms with Crippen molar-refractivity contribution in [3.63, 3.8) is 0 Å². The molecule has 0 fully saturated rings. The van der Waals surface area contributed by atoms with Crippen LogP contribution in [0.4, 0.5) is 0 Å². The highest BCUT2D eigenvalue weighted by atomic mass is 79.9. The van der Waals surface area contributed by atoms with Gasteiger partial charge in [0.05, 0.1) is 12.5 Å². The van der Waals surface area contributed by atoms with Gasteiger partial charge in [-0.3, -0.25) is 0 Å². The molecule has 2 aromatic rings. The van der Waals surface area contributed by atoms with Gasteiger partial charge in [-0.25, -0.2) is 0 Å². The molecule has 0 saturated heterocycles. The summed E-state index contributed by atoms with van der Waals surface area (Å²) in [4.78, 5) is 0. The van der Waals surface area contributed by atoms with Crippen LogP contribution in [0.1, 0.15) is 33.2 Å². The Morgan fingerprint density at radius 3 is 2.24 bits per heavy atom. The molecule has 112 valence electrons. The SMILES string of the molecule is COc1c(C)cc(Br)c(C)c1C(Cl)c1ccc(Br)c(C)c1. The van der Waals surface area contributed by atoms with Gasteiger partial charge in [-0.2, -0.15) is 0 Å². The van der Waals surface area contributed by atoms with Gasteiger partial charge in [0.2, 0.25) is 0 Å². The first kappa shape index (κ1) is 16.9. The molecule has 0 aromatic heterocycles. The molecule has 0 N–H and O–H groups in total. The Kier molecular flexibility index (Phi) is 5.39. The molecule has 4 heteroatoms. The van der Waals surface area contributed by atoms with Gasteiger partial charge in [-0.15, -0.1) is 11.6 Å². The van der Waals surface area contributed by atoms with Crippen molar-refractivity contribution in [1.29, 1.82) is 0 Å². The maximum atomic E-state index is 6.77. The lowest BCUT2D eigenvalue weighted by Gasteiger charge is -2.20. The molecule has 0 heterocycles. The van der Waals surface area contributed by atoms with Crippen LogP contribution in [0.5, 0.6) is 5.75 Å². The minimum atomic E-state index is -0.247. The van der Waals surface area contributed by atoms with Crippen LogP contribution >= 0.6 is 43.5 Å². The third-order valence-electron chi connectivity index (χ3n) is 3.64. The van der Waals surface area contributed by atoms with Gasteiger partial charge in [-0.1, -0.05) is 44.0 Å². The van der Waals surface area contributed by atoms with Crippen molar-refractivity contribution >= 4 is 43.5 Å². The van der Waals surface area contributed by atoms with Crippen molar-refractivity contribution in [3.8, 4) is 5.75 Å². The summed E-state index contributed by atoms with van der Waals surface area (Å²) in [5.74, 6) is 0.858. The van der Waals surface area contributed by atoms with Gasteiger partial charge in [0.25, 0.3) is 0 Å². The minimum absolute atomic E-state index is 0.247. The van der Waals surface area contributed by atoms with Gasteiger partial charge in [0, 0.05) is 14.5 Å². The van der Waals surface area contributed by atoms with Crippen LogP contribution < -0.4 is 4.74 Å². The molecule has 0 bridgehead atoms. The van der Waals surface area contributed by atoms with E-state index in [9.17, 15) is 0 Å². The molecule has 0 radical (unpaired) electrons. The molecular weight excluding hydrogens is 415 g/mol. The van der Waals surface area contributed by atoms with Crippen LogP contribution in [0.25, 0.3) is 0 Å². The number of hydrogen-bond acceptors (Lipinski definition) is 1. The summed E-state index contributed by atoms with van der Waals surface area (Å²) in [5.41, 5.74) is 5.44. The third-order valence-corrected chi connectivity index (χ3v) is 5.82. The van der Waals surface area contributed by atoms with E-state index in [0.29, 0.717) is 0 Å². The molecule has 21 heavy (non-hydrogen) atoms. The second-order valence-electron chi connectivity index (χ2n) is 5.12. The van der Waals surface area contributed by atoms with Crippen molar-refractivity contribution in [3.05, 3.63) is 61.0 Å². The van der Waals surface area contributed by atoms with Crippen molar-refractivity contribution < 1.29 is 4.74 Å². The maximum absolute atomic E-state index is 6.77. The lowest BCUT2D eigenvalue weighted by Crippen LogP contribution is -2.03. The summed E-state index contributed by atoms with van der Waals surface area (Å²) in [6, 6.07) is 8.25. The number of alkyl halides is 1. The van der Waals surface area contributed by atoms with Crippen LogP contribution in [0.2, 0.25) is 0 Å². The van der Waals surface area contributed by atoms with Crippen molar-refractivity contribution in [2.45, 2.75) is 26.1 Å². The lowest BCUT2D eigenvalue weighted by atomic mass is 9.96. The molecule has 0 spiro atoms. The zero-order valence-electron chi connectivity index (χ0n) is 12.4. The summed E-state index contributed by atoms with van der Waals surface area (Å²) >= 11 is 13.9. The van der Waals surface area contributed by atoms with E-state index in [1.54, 1.807) is 7.11 Å². The largest absolute Gasteiger partial charge is 0.496 e. The molecular formula is C17H17Br2ClO. The quantitative estimate of drug-likeness (QED) is 0.505. The van der Waals surface area contributed by atoms with E-state index >= 15 is 0 Å². The monoisotopic (exact) mass is 430 g/mol. The van der Waals surface area contributed by atoms with Crippen LogP contribution in [-0.4, -0.2) is 7.11 Å². The average molecular weight is 433 g/mol. The normalized spacial score (nSPS) is 12.3. The number of methoxy groups -OCH3 is 1. The zero-order chi connectivity index (χ0) is 15.7. The molecule has 0 aliphatic heterocycles. The Labute approximate surface area is 147 Å². The number of hydrogen-bond donors (Lipinski definition) is 0. The minimum Gasteiger partial charge on any atom is -0.496 e. The van der Waals surface area contributed by atoms with Crippen LogP contribution in [0, 0.1) is 20.8 Å². The van der Waals surface area contributed by atoms with E-state index in [1.165, 1.54) is 5.56 Å². The number of benzene rings is 2. The van der Waals surface area contributed by atoms with Gasteiger partial charge in [0.15, 0.2) is 0 Å². The topological polar surface area (TPSA) is 9.23 Å². The van der Waals surface area contributed by atoms with Crippen molar-refractivity contribution in [1.82, 2.24) is 0 Å². The predicted octanol–water partition coefficient (Wildman–Crippen LogP) is 6.47. The fraction of sp³-hybridized carbons (Fsp3) is 0.294. The molecule has 0 aliphatic rings. The van der Waals surface area contributed by atoms with E-state index < -0.39 is 0 Å². The van der Waals surface area contributed by atoms with E-state index in [0.717, 1.165) is 36.9 Å². The van der Waals surface area contributed by atoms with E-state index in [2.05, 4.69) is 57.8 Å². The first-order chi connectivity index (χ1) is 9.86. The summed E-state index contributed by atoms with van der Waals surface area (Å²) in [5, 5.41) is -0.247. The van der Waals surface area contributed by atoms with E-state index in [4.69, 9.17) is 16.3 Å². The Balaban J connectivity index is 2.62. The molecule has 0 saturated carbocycles. The maximum Gasteiger partial charge on any atom is 0.127 e. The van der Waals surface area contributed by atoms with Crippen LogP contribution in [0.15, 0.2) is 33.2 Å². The molecule has 2 rings (SSSR count). The fourth-order valence-electron chi connectivity index (χ4n) is 2.44. The second kappa shape index (κ2) is 6.72. The van der Waals surface area contributed by atoms with E-state index in [-0.39, 0.29) is 5.38 Å². The first-order valence-corrected chi connectivity index (χ1v) is 8.62. The second-order valence-corrected chi connectivity index (χ2v) is 7.26. The Morgan fingerprint density at radius 1 is 1.00 bits per heavy atom. The summed E-state index contributed by atoms with van der Waals surface area (Å²) < 4.78 is 7.73. The predicted molar refractivity (Wildman–Crippen MR) is 96.7 cm³/mol. The molecule has 0 aliphatic carbocycles. The average Bonchev–Trinajstić information content (AvgIpc) is 2.44. The number of aryl methyl sites for hydroxylation is 2.